The van der Waals surface area contributed by atoms with E-state index in [2.05, 4.69) is 38.3 Å². The van der Waals surface area contributed by atoms with Gasteiger partial charge in [0.15, 0.2) is 10.4 Å². The quantitative estimate of drug-likeness (QED) is 0.911. The van der Waals surface area contributed by atoms with E-state index in [1.807, 2.05) is 12.1 Å². The normalized spacial score (nSPS) is 15.3. The standard InChI is InChI=1S/C16H17BrN2O2/c17-15-8-7-14(21-15)16(20)18-13-5-3-12(4-6-13)11-19-9-1-2-10-19/h3-8H,1-2,9-11H2,(H,18,20). The summed E-state index contributed by atoms with van der Waals surface area (Å²) in [7, 11) is 0. The van der Waals surface area contributed by atoms with Gasteiger partial charge in [-0.2, -0.15) is 0 Å². The van der Waals surface area contributed by atoms with Gasteiger partial charge in [-0.25, -0.2) is 0 Å². The molecule has 1 aromatic carbocycles. The van der Waals surface area contributed by atoms with Crippen molar-refractivity contribution in [2.75, 3.05) is 18.4 Å². The Morgan fingerprint density at radius 3 is 2.48 bits per heavy atom. The molecule has 0 atom stereocenters. The lowest BCUT2D eigenvalue weighted by Gasteiger charge is -2.14. The first-order valence-corrected chi connectivity index (χ1v) is 7.88. The van der Waals surface area contributed by atoms with Crippen LogP contribution in [0.5, 0.6) is 0 Å². The van der Waals surface area contributed by atoms with Crippen LogP contribution in [0.4, 0.5) is 5.69 Å². The molecule has 0 bridgehead atoms. The number of benzene rings is 1. The molecule has 5 heteroatoms. The number of nitrogens with zero attached hydrogens (tertiary/aromatic N) is 1. The topological polar surface area (TPSA) is 45.5 Å². The third-order valence-electron chi connectivity index (χ3n) is 3.61. The average molecular weight is 349 g/mol. The van der Waals surface area contributed by atoms with Crippen LogP contribution in [0.25, 0.3) is 0 Å². The van der Waals surface area contributed by atoms with Gasteiger partial charge in [-0.1, -0.05) is 12.1 Å². The minimum atomic E-state index is -0.243. The smallest absolute Gasteiger partial charge is 0.291 e. The molecule has 0 radical (unpaired) electrons. The lowest BCUT2D eigenvalue weighted by Crippen LogP contribution is -2.18. The molecule has 0 aliphatic carbocycles. The fourth-order valence-electron chi connectivity index (χ4n) is 2.52. The molecule has 3 rings (SSSR count). The molecule has 4 nitrogen and oxygen atoms in total. The highest BCUT2D eigenvalue weighted by Crippen LogP contribution is 2.18. The number of carbonyl (C=O) groups excluding carboxylic acids is 1. The Morgan fingerprint density at radius 1 is 1.14 bits per heavy atom. The van der Waals surface area contributed by atoms with Gasteiger partial charge in [0.2, 0.25) is 0 Å². The summed E-state index contributed by atoms with van der Waals surface area (Å²) in [6, 6.07) is 11.3. The first-order chi connectivity index (χ1) is 10.2. The van der Waals surface area contributed by atoms with Crippen molar-refractivity contribution >= 4 is 27.5 Å². The molecular formula is C16H17BrN2O2. The van der Waals surface area contributed by atoms with Crippen LogP contribution in [-0.4, -0.2) is 23.9 Å². The Morgan fingerprint density at radius 2 is 1.86 bits per heavy atom. The highest BCUT2D eigenvalue weighted by molar-refractivity contribution is 9.10. The van der Waals surface area contributed by atoms with Crippen molar-refractivity contribution < 1.29 is 9.21 Å². The van der Waals surface area contributed by atoms with Gasteiger partial charge in [0.1, 0.15) is 0 Å². The second kappa shape index (κ2) is 6.45. The Bertz CT molecular complexity index is 615. The Kier molecular flexibility index (Phi) is 4.41. The highest BCUT2D eigenvalue weighted by Gasteiger charge is 2.12. The second-order valence-corrected chi connectivity index (χ2v) is 6.02. The molecular weight excluding hydrogens is 332 g/mol. The van der Waals surface area contributed by atoms with Crippen molar-refractivity contribution in [2.45, 2.75) is 19.4 Å². The maximum absolute atomic E-state index is 12.0. The third kappa shape index (κ3) is 3.74. The van der Waals surface area contributed by atoms with Crippen molar-refractivity contribution in [1.82, 2.24) is 4.90 Å². The third-order valence-corrected chi connectivity index (χ3v) is 4.04. The van der Waals surface area contributed by atoms with Crippen LogP contribution in [0.15, 0.2) is 45.5 Å². The summed E-state index contributed by atoms with van der Waals surface area (Å²) >= 11 is 3.19. The zero-order valence-electron chi connectivity index (χ0n) is 11.6. The average Bonchev–Trinajstić information content (AvgIpc) is 3.12. The summed E-state index contributed by atoms with van der Waals surface area (Å²) in [6.45, 7) is 3.36. The lowest BCUT2D eigenvalue weighted by atomic mass is 10.2. The van der Waals surface area contributed by atoms with E-state index < -0.39 is 0 Å². The van der Waals surface area contributed by atoms with Crippen molar-refractivity contribution in [3.05, 3.63) is 52.4 Å². The van der Waals surface area contributed by atoms with E-state index >= 15 is 0 Å². The highest BCUT2D eigenvalue weighted by atomic mass is 79.9. The van der Waals surface area contributed by atoms with Crippen molar-refractivity contribution in [3.63, 3.8) is 0 Å². The molecule has 1 aliphatic rings. The van der Waals surface area contributed by atoms with Gasteiger partial charge in [-0.15, -0.1) is 0 Å². The van der Waals surface area contributed by atoms with E-state index in [-0.39, 0.29) is 5.91 Å². The summed E-state index contributed by atoms with van der Waals surface area (Å²) in [5, 5.41) is 2.83. The predicted molar refractivity (Wildman–Crippen MR) is 85.3 cm³/mol. The summed E-state index contributed by atoms with van der Waals surface area (Å²) < 4.78 is 5.78. The van der Waals surface area contributed by atoms with Crippen LogP contribution in [0.1, 0.15) is 29.0 Å². The van der Waals surface area contributed by atoms with Gasteiger partial charge in [-0.05, 0) is 71.7 Å². The van der Waals surface area contributed by atoms with Gasteiger partial charge in [0, 0.05) is 12.2 Å². The molecule has 2 heterocycles. The van der Waals surface area contributed by atoms with Crippen LogP contribution in [0, 0.1) is 0 Å². The number of halogens is 1. The molecule has 1 fully saturated rings. The van der Waals surface area contributed by atoms with Crippen LogP contribution >= 0.6 is 15.9 Å². The van der Waals surface area contributed by atoms with E-state index in [0.29, 0.717) is 10.4 Å². The number of hydrogen-bond donors (Lipinski definition) is 1. The largest absolute Gasteiger partial charge is 0.444 e. The van der Waals surface area contributed by atoms with Crippen LogP contribution in [0.3, 0.4) is 0 Å². The van der Waals surface area contributed by atoms with Gasteiger partial charge < -0.3 is 9.73 Å². The molecule has 1 aliphatic heterocycles. The van der Waals surface area contributed by atoms with E-state index in [4.69, 9.17) is 4.42 Å². The molecule has 0 saturated carbocycles. The number of likely N-dealkylation sites (tertiary alicyclic amines) is 1. The number of amides is 1. The number of carbonyl (C=O) groups is 1. The molecule has 1 amide bonds. The second-order valence-electron chi connectivity index (χ2n) is 5.24. The molecule has 1 N–H and O–H groups in total. The first kappa shape index (κ1) is 14.4. The first-order valence-electron chi connectivity index (χ1n) is 7.09. The summed E-state index contributed by atoms with van der Waals surface area (Å²) in [5.41, 5.74) is 2.05. The fraction of sp³-hybridized carbons (Fsp3) is 0.312. The molecule has 1 aromatic heterocycles. The van der Waals surface area contributed by atoms with Gasteiger partial charge in [-0.3, -0.25) is 9.69 Å². The number of furan rings is 1. The predicted octanol–water partition coefficient (Wildman–Crippen LogP) is 3.89. The Balaban J connectivity index is 1.60. The molecule has 21 heavy (non-hydrogen) atoms. The van der Waals surface area contributed by atoms with E-state index in [0.717, 1.165) is 12.2 Å². The number of anilines is 1. The SMILES string of the molecule is O=C(Nc1ccc(CN2CCCC2)cc1)c1ccc(Br)o1. The maximum Gasteiger partial charge on any atom is 0.291 e. The monoisotopic (exact) mass is 348 g/mol. The Labute approximate surface area is 132 Å². The minimum Gasteiger partial charge on any atom is -0.444 e. The summed E-state index contributed by atoms with van der Waals surface area (Å²) in [4.78, 5) is 14.4. The maximum atomic E-state index is 12.0. The number of rotatable bonds is 4. The summed E-state index contributed by atoms with van der Waals surface area (Å²) in [6.07, 6.45) is 2.60. The van der Waals surface area contributed by atoms with Gasteiger partial charge in [0.05, 0.1) is 0 Å². The number of hydrogen-bond acceptors (Lipinski definition) is 3. The minimum absolute atomic E-state index is 0.243. The van der Waals surface area contributed by atoms with Crippen LogP contribution in [-0.2, 0) is 6.54 Å². The lowest BCUT2D eigenvalue weighted by molar-refractivity contribution is 0.0995. The zero-order chi connectivity index (χ0) is 14.7. The molecule has 110 valence electrons. The Hall–Kier alpha value is -1.59. The van der Waals surface area contributed by atoms with Crippen molar-refractivity contribution in [1.29, 1.82) is 0 Å². The molecule has 2 aromatic rings. The van der Waals surface area contributed by atoms with Gasteiger partial charge in [0.25, 0.3) is 5.91 Å². The molecule has 0 unspecified atom stereocenters. The van der Waals surface area contributed by atoms with Crippen LogP contribution < -0.4 is 5.32 Å². The van der Waals surface area contributed by atoms with E-state index in [9.17, 15) is 4.79 Å². The van der Waals surface area contributed by atoms with Crippen molar-refractivity contribution in [3.8, 4) is 0 Å². The number of nitrogens with one attached hydrogen (secondary N) is 1. The van der Waals surface area contributed by atoms with Crippen molar-refractivity contribution in [2.24, 2.45) is 0 Å². The summed E-state index contributed by atoms with van der Waals surface area (Å²) in [5.74, 6) is 0.0519. The fourth-order valence-corrected chi connectivity index (χ4v) is 2.83. The van der Waals surface area contributed by atoms with E-state index in [1.165, 1.54) is 31.5 Å². The zero-order valence-corrected chi connectivity index (χ0v) is 13.2. The molecule has 1 saturated heterocycles. The van der Waals surface area contributed by atoms with E-state index in [1.54, 1.807) is 12.1 Å². The van der Waals surface area contributed by atoms with Crippen LogP contribution in [0.2, 0.25) is 0 Å². The molecule has 0 spiro atoms. The van der Waals surface area contributed by atoms with Gasteiger partial charge >= 0.3 is 0 Å².